The molecule has 0 heterocycles. The molecule has 10 heteroatoms. The third kappa shape index (κ3) is 9.34. The van der Waals surface area contributed by atoms with Crippen molar-refractivity contribution >= 4 is 25.8 Å². The van der Waals surface area contributed by atoms with Crippen LogP contribution in [-0.4, -0.2) is 60.2 Å². The van der Waals surface area contributed by atoms with Crippen LogP contribution in [0.15, 0.2) is 58.3 Å². The van der Waals surface area contributed by atoms with E-state index in [0.717, 1.165) is 11.1 Å². The molecule has 0 saturated carbocycles. The molecule has 0 unspecified atom stereocenters. The van der Waals surface area contributed by atoms with E-state index >= 15 is 0 Å². The van der Waals surface area contributed by atoms with Crippen LogP contribution in [0.1, 0.15) is 30.9 Å². The number of nitrogens with one attached hydrogen (secondary N) is 2. The molecular formula is C23H33N3O5S2. The first kappa shape index (κ1) is 27.1. The largest absolute Gasteiger partial charge is 0.301 e. The van der Waals surface area contributed by atoms with Gasteiger partial charge in [-0.25, -0.2) is 26.3 Å². The lowest BCUT2D eigenvalue weighted by molar-refractivity contribution is -0.117. The molecule has 0 aliphatic rings. The first-order valence-corrected chi connectivity index (χ1v) is 13.8. The smallest absolute Gasteiger partial charge is 0.240 e. The van der Waals surface area contributed by atoms with Gasteiger partial charge in [-0.1, -0.05) is 35.4 Å². The normalized spacial score (nSPS) is 12.2. The number of hydrogen-bond donors (Lipinski definition) is 2. The van der Waals surface area contributed by atoms with Crippen molar-refractivity contribution in [3.63, 3.8) is 0 Å². The van der Waals surface area contributed by atoms with Gasteiger partial charge in [-0.05, 0) is 58.0 Å². The highest BCUT2D eigenvalue weighted by Gasteiger charge is 2.16. The number of carbonyl (C=O) groups excluding carboxylic acids is 1. The van der Waals surface area contributed by atoms with Crippen LogP contribution in [0.4, 0.5) is 0 Å². The number of carbonyl (C=O) groups is 1. The molecule has 2 aromatic rings. The maximum atomic E-state index is 12.5. The van der Waals surface area contributed by atoms with Crippen molar-refractivity contribution in [2.75, 3.05) is 32.7 Å². The second kappa shape index (κ2) is 12.4. The lowest BCUT2D eigenvalue weighted by Gasteiger charge is -2.22. The Balaban J connectivity index is 1.92. The summed E-state index contributed by atoms with van der Waals surface area (Å²) in [5.41, 5.74) is 1.94. The zero-order chi connectivity index (χ0) is 24.5. The monoisotopic (exact) mass is 495 g/mol. The van der Waals surface area contributed by atoms with Gasteiger partial charge >= 0.3 is 0 Å². The molecule has 0 spiro atoms. The van der Waals surface area contributed by atoms with Gasteiger partial charge in [0.05, 0.1) is 9.79 Å². The average Bonchev–Trinajstić information content (AvgIpc) is 2.73. The molecule has 0 radical (unpaired) electrons. The van der Waals surface area contributed by atoms with Gasteiger partial charge in [0.25, 0.3) is 0 Å². The number of ketones is 1. The molecule has 2 rings (SSSR count). The molecule has 0 fully saturated rings. The summed E-state index contributed by atoms with van der Waals surface area (Å²) in [6, 6.07) is 13.2. The van der Waals surface area contributed by atoms with Gasteiger partial charge in [-0.2, -0.15) is 0 Å². The van der Waals surface area contributed by atoms with Crippen molar-refractivity contribution < 1.29 is 21.6 Å². The number of nitrogens with zero attached hydrogens (tertiary/aromatic N) is 1. The molecule has 0 amide bonds. The molecule has 2 N–H and O–H groups in total. The van der Waals surface area contributed by atoms with Crippen LogP contribution in [0.3, 0.4) is 0 Å². The van der Waals surface area contributed by atoms with Crippen LogP contribution < -0.4 is 9.44 Å². The Labute approximate surface area is 197 Å². The Morgan fingerprint density at radius 1 is 0.727 bits per heavy atom. The highest BCUT2D eigenvalue weighted by molar-refractivity contribution is 7.89. The van der Waals surface area contributed by atoms with Crippen molar-refractivity contribution in [2.45, 2.75) is 43.4 Å². The number of aryl methyl sites for hydroxylation is 2. The molecule has 0 saturated heterocycles. The Morgan fingerprint density at radius 3 is 1.48 bits per heavy atom. The lowest BCUT2D eigenvalue weighted by Crippen LogP contribution is -2.40. The van der Waals surface area contributed by atoms with Gasteiger partial charge in [-0.3, -0.25) is 0 Å². The maximum absolute atomic E-state index is 12.5. The Bertz CT molecular complexity index is 1030. The van der Waals surface area contributed by atoms with Crippen LogP contribution in [0.5, 0.6) is 0 Å². The fraction of sp³-hybridized carbons (Fsp3) is 0.435. The van der Waals surface area contributed by atoms with E-state index < -0.39 is 20.0 Å². The summed E-state index contributed by atoms with van der Waals surface area (Å²) in [5.74, 6) is 0.0788. The third-order valence-corrected chi connectivity index (χ3v) is 8.06. The van der Waals surface area contributed by atoms with E-state index in [1.165, 1.54) is 6.92 Å². The maximum Gasteiger partial charge on any atom is 0.240 e. The van der Waals surface area contributed by atoms with Gasteiger partial charge in [-0.15, -0.1) is 0 Å². The minimum absolute atomic E-state index is 0.0788. The summed E-state index contributed by atoms with van der Waals surface area (Å²) >= 11 is 0. The van der Waals surface area contributed by atoms with Crippen molar-refractivity contribution in [3.05, 3.63) is 59.7 Å². The summed E-state index contributed by atoms with van der Waals surface area (Å²) in [4.78, 5) is 13.6. The number of hydrogen-bond acceptors (Lipinski definition) is 6. The van der Waals surface area contributed by atoms with Crippen LogP contribution in [0.25, 0.3) is 0 Å². The van der Waals surface area contributed by atoms with Gasteiger partial charge in [0.15, 0.2) is 0 Å². The molecule has 2 aromatic carbocycles. The van der Waals surface area contributed by atoms with Crippen molar-refractivity contribution in [2.24, 2.45) is 0 Å². The van der Waals surface area contributed by atoms with Crippen LogP contribution >= 0.6 is 0 Å². The Morgan fingerprint density at radius 2 is 1.12 bits per heavy atom. The zero-order valence-electron chi connectivity index (χ0n) is 19.4. The number of sulfonamides is 2. The van der Waals surface area contributed by atoms with E-state index in [4.69, 9.17) is 0 Å². The minimum atomic E-state index is -3.63. The van der Waals surface area contributed by atoms with Gasteiger partial charge in [0, 0.05) is 32.6 Å². The van der Waals surface area contributed by atoms with E-state index in [9.17, 15) is 21.6 Å². The molecule has 0 aromatic heterocycles. The summed E-state index contributed by atoms with van der Waals surface area (Å²) in [5, 5.41) is 0. The molecule has 0 aliphatic heterocycles. The minimum Gasteiger partial charge on any atom is -0.301 e. The van der Waals surface area contributed by atoms with Crippen LogP contribution in [-0.2, 0) is 24.8 Å². The van der Waals surface area contributed by atoms with E-state index in [1.54, 1.807) is 48.5 Å². The van der Waals surface area contributed by atoms with Gasteiger partial charge in [0.2, 0.25) is 20.0 Å². The molecule has 0 bridgehead atoms. The second-order valence-corrected chi connectivity index (χ2v) is 11.6. The summed E-state index contributed by atoms with van der Waals surface area (Å²) in [6.07, 6.45) is 1.03. The predicted octanol–water partition coefficient (Wildman–Crippen LogP) is 2.23. The van der Waals surface area contributed by atoms with Gasteiger partial charge in [0.1, 0.15) is 5.78 Å². The quantitative estimate of drug-likeness (QED) is 0.416. The second-order valence-electron chi connectivity index (χ2n) is 8.07. The fourth-order valence-corrected chi connectivity index (χ4v) is 5.21. The van der Waals surface area contributed by atoms with E-state index in [1.807, 2.05) is 18.7 Å². The standard InChI is InChI=1S/C23H33N3O5S2/c1-19-6-10-22(11-7-19)32(28,29)24-14-17-26(16-4-5-21(3)27)18-15-25-33(30,31)23-12-8-20(2)9-13-23/h6-13,24-25H,4-5,14-18H2,1-3H3. The first-order valence-electron chi connectivity index (χ1n) is 10.8. The van der Waals surface area contributed by atoms with E-state index in [0.29, 0.717) is 32.5 Å². The molecule has 33 heavy (non-hydrogen) atoms. The fourth-order valence-electron chi connectivity index (χ4n) is 3.16. The van der Waals surface area contributed by atoms with Crippen molar-refractivity contribution in [1.82, 2.24) is 14.3 Å². The summed E-state index contributed by atoms with van der Waals surface area (Å²) in [6.45, 7) is 6.95. The average molecular weight is 496 g/mol. The van der Waals surface area contributed by atoms with E-state index in [2.05, 4.69) is 9.44 Å². The highest BCUT2D eigenvalue weighted by atomic mass is 32.2. The molecule has 0 aliphatic carbocycles. The number of benzene rings is 2. The number of rotatable bonds is 14. The third-order valence-electron chi connectivity index (χ3n) is 5.11. The Kier molecular flexibility index (Phi) is 10.2. The van der Waals surface area contributed by atoms with Crippen molar-refractivity contribution in [3.8, 4) is 0 Å². The summed E-state index contributed by atoms with van der Waals surface area (Å²) in [7, 11) is -7.26. The molecule has 182 valence electrons. The molecule has 8 nitrogen and oxygen atoms in total. The summed E-state index contributed by atoms with van der Waals surface area (Å²) < 4.78 is 55.1. The SMILES string of the molecule is CC(=O)CCCN(CCNS(=O)(=O)c1ccc(C)cc1)CCNS(=O)(=O)c1ccc(C)cc1. The van der Waals surface area contributed by atoms with E-state index in [-0.39, 0.29) is 28.7 Å². The highest BCUT2D eigenvalue weighted by Crippen LogP contribution is 2.11. The topological polar surface area (TPSA) is 113 Å². The Hall–Kier alpha value is -2.11. The van der Waals surface area contributed by atoms with Gasteiger partial charge < -0.3 is 9.69 Å². The first-order chi connectivity index (χ1) is 15.5. The number of Topliss-reactive ketones (excluding diaryl/α,β-unsaturated/α-hetero) is 1. The lowest BCUT2D eigenvalue weighted by atomic mass is 10.2. The predicted molar refractivity (Wildman–Crippen MR) is 129 cm³/mol. The molecule has 0 atom stereocenters. The zero-order valence-corrected chi connectivity index (χ0v) is 21.0. The van der Waals surface area contributed by atoms with Crippen molar-refractivity contribution in [1.29, 1.82) is 0 Å². The van der Waals surface area contributed by atoms with Crippen LogP contribution in [0, 0.1) is 13.8 Å². The van der Waals surface area contributed by atoms with Crippen LogP contribution in [0.2, 0.25) is 0 Å². The molecular weight excluding hydrogens is 462 g/mol.